The fraction of sp³-hybridized carbons (Fsp3) is 0.115. The highest BCUT2D eigenvalue weighted by Gasteiger charge is 2.26. The maximum Gasteiger partial charge on any atom is 0.217 e. The Balaban J connectivity index is 1.59. The number of aromatic nitrogens is 3. The van der Waals surface area contributed by atoms with Crippen LogP contribution < -0.4 is 14.8 Å². The number of methoxy groups -OCH3 is 2. The summed E-state index contributed by atoms with van der Waals surface area (Å²) in [5.74, 6) is 1.16. The van der Waals surface area contributed by atoms with E-state index in [4.69, 9.17) is 37.8 Å². The third-order valence-corrected chi connectivity index (χ3v) is 7.08. The van der Waals surface area contributed by atoms with Crippen LogP contribution in [0.15, 0.2) is 75.8 Å². The van der Waals surface area contributed by atoms with Gasteiger partial charge in [-0.1, -0.05) is 47.5 Å². The summed E-state index contributed by atoms with van der Waals surface area (Å²) in [6.07, 6.45) is 1.90. The summed E-state index contributed by atoms with van der Waals surface area (Å²) in [4.78, 5) is 0.693. The van der Waals surface area contributed by atoms with Crippen LogP contribution in [0.25, 0.3) is 6.08 Å². The van der Waals surface area contributed by atoms with Gasteiger partial charge in [-0.25, -0.2) is 4.39 Å². The molecule has 0 saturated carbocycles. The zero-order chi connectivity index (χ0) is 25.9. The van der Waals surface area contributed by atoms with Gasteiger partial charge >= 0.3 is 0 Å². The minimum atomic E-state index is -0.597. The van der Waals surface area contributed by atoms with E-state index in [1.165, 1.54) is 23.9 Å². The van der Waals surface area contributed by atoms with Gasteiger partial charge in [-0.15, -0.1) is 10.2 Å². The van der Waals surface area contributed by atoms with E-state index in [2.05, 4.69) is 15.5 Å². The van der Waals surface area contributed by atoms with Crippen molar-refractivity contribution in [2.45, 2.75) is 11.7 Å². The number of hydrogen-bond donors (Lipinski definition) is 1. The first-order valence-corrected chi connectivity index (χ1v) is 12.6. The SMILES string of the molecule is COc1ccc(/C=C2\Sc3nnc(CNc4ccccc4)n3N=C2c2cc(F)c(Cl)cc2Cl)cc1OC. The molecule has 11 heteroatoms. The summed E-state index contributed by atoms with van der Waals surface area (Å²) in [6, 6.07) is 17.9. The molecule has 0 fully saturated rings. The standard InChI is InChI=1S/C26H20Cl2FN5O2S/c1-35-21-9-8-15(10-22(21)36-2)11-23-25(17-12-20(29)19(28)13-18(17)27)33-34-24(31-32-26(34)37-23)14-30-16-6-4-3-5-7-16/h3-13,30H,14H2,1-2H3/b23-11-. The highest BCUT2D eigenvalue weighted by Crippen LogP contribution is 2.38. The molecule has 0 spiro atoms. The van der Waals surface area contributed by atoms with Crippen molar-refractivity contribution in [2.75, 3.05) is 19.5 Å². The molecule has 37 heavy (non-hydrogen) atoms. The molecule has 0 bridgehead atoms. The van der Waals surface area contributed by atoms with Crippen molar-refractivity contribution in [2.24, 2.45) is 5.10 Å². The molecule has 1 aliphatic rings. The first kappa shape index (κ1) is 25.1. The number of fused-ring (bicyclic) bond motifs is 1. The molecule has 1 N–H and O–H groups in total. The van der Waals surface area contributed by atoms with Gasteiger partial charge in [0, 0.05) is 16.2 Å². The fourth-order valence-corrected chi connectivity index (χ4v) is 5.11. The maximum absolute atomic E-state index is 14.5. The molecular weight excluding hydrogens is 536 g/mol. The van der Waals surface area contributed by atoms with Crippen LogP contribution in [-0.4, -0.2) is 34.8 Å². The van der Waals surface area contributed by atoms with E-state index < -0.39 is 5.82 Å². The van der Waals surface area contributed by atoms with Gasteiger partial charge < -0.3 is 14.8 Å². The van der Waals surface area contributed by atoms with Gasteiger partial charge in [0.05, 0.1) is 30.8 Å². The first-order chi connectivity index (χ1) is 18.0. The molecule has 0 radical (unpaired) electrons. The molecule has 7 nitrogen and oxygen atoms in total. The maximum atomic E-state index is 14.5. The first-order valence-electron chi connectivity index (χ1n) is 11.1. The topological polar surface area (TPSA) is 73.6 Å². The predicted molar refractivity (Wildman–Crippen MR) is 146 cm³/mol. The van der Waals surface area contributed by atoms with E-state index >= 15 is 0 Å². The van der Waals surface area contributed by atoms with Crippen molar-refractivity contribution in [1.29, 1.82) is 0 Å². The molecule has 1 aromatic heterocycles. The monoisotopic (exact) mass is 555 g/mol. The second kappa shape index (κ2) is 10.8. The van der Waals surface area contributed by atoms with E-state index in [9.17, 15) is 4.39 Å². The molecular formula is C26H20Cl2FN5O2S. The summed E-state index contributed by atoms with van der Waals surface area (Å²) in [7, 11) is 3.15. The van der Waals surface area contributed by atoms with Crippen LogP contribution in [0.1, 0.15) is 17.0 Å². The Morgan fingerprint density at radius 2 is 1.76 bits per heavy atom. The number of allylic oxidation sites excluding steroid dienone is 1. The molecule has 2 heterocycles. The van der Waals surface area contributed by atoms with Gasteiger partial charge in [-0.3, -0.25) is 0 Å². The van der Waals surface area contributed by atoms with E-state index in [-0.39, 0.29) is 10.0 Å². The number of nitrogens with zero attached hydrogens (tertiary/aromatic N) is 4. The Labute approximate surface area is 226 Å². The predicted octanol–water partition coefficient (Wildman–Crippen LogP) is 6.75. The smallest absolute Gasteiger partial charge is 0.217 e. The lowest BCUT2D eigenvalue weighted by Crippen LogP contribution is -2.15. The highest BCUT2D eigenvalue weighted by atomic mass is 35.5. The summed E-state index contributed by atoms with van der Waals surface area (Å²) in [6.45, 7) is 0.381. The van der Waals surface area contributed by atoms with E-state index in [1.54, 1.807) is 25.0 Å². The molecule has 0 aliphatic carbocycles. The largest absolute Gasteiger partial charge is 0.493 e. The number of anilines is 1. The summed E-state index contributed by atoms with van der Waals surface area (Å²) in [5, 5.41) is 17.5. The number of rotatable bonds is 7. The Kier molecular flexibility index (Phi) is 7.36. The lowest BCUT2D eigenvalue weighted by atomic mass is 10.1. The number of para-hydroxylation sites is 1. The Morgan fingerprint density at radius 3 is 2.51 bits per heavy atom. The molecule has 188 valence electrons. The van der Waals surface area contributed by atoms with Gasteiger partial charge in [-0.2, -0.15) is 9.78 Å². The summed E-state index contributed by atoms with van der Waals surface area (Å²) in [5.41, 5.74) is 2.60. The van der Waals surface area contributed by atoms with Crippen molar-refractivity contribution in [3.63, 3.8) is 0 Å². The van der Waals surface area contributed by atoms with Gasteiger partial charge in [-0.05, 0) is 59.8 Å². The Bertz CT molecular complexity index is 1530. The van der Waals surface area contributed by atoms with Crippen molar-refractivity contribution < 1.29 is 13.9 Å². The minimum Gasteiger partial charge on any atom is -0.493 e. The summed E-state index contributed by atoms with van der Waals surface area (Å²) >= 11 is 13.8. The van der Waals surface area contributed by atoms with Crippen molar-refractivity contribution in [3.8, 4) is 11.5 Å². The number of hydrogen-bond acceptors (Lipinski definition) is 7. The number of nitrogens with one attached hydrogen (secondary N) is 1. The van der Waals surface area contributed by atoms with Crippen molar-refractivity contribution in [3.05, 3.63) is 98.4 Å². The lowest BCUT2D eigenvalue weighted by Gasteiger charge is -2.19. The quantitative estimate of drug-likeness (QED) is 0.254. The van der Waals surface area contributed by atoms with Crippen molar-refractivity contribution >= 4 is 52.4 Å². The Hall–Kier alpha value is -3.53. The number of halogens is 3. The van der Waals surface area contributed by atoms with Crippen LogP contribution in [0, 0.1) is 5.82 Å². The highest BCUT2D eigenvalue weighted by molar-refractivity contribution is 8.04. The molecule has 0 saturated heterocycles. The average molecular weight is 556 g/mol. The molecule has 3 aromatic carbocycles. The molecule has 0 unspecified atom stereocenters. The van der Waals surface area contributed by atoms with Crippen LogP contribution in [0.3, 0.4) is 0 Å². The van der Waals surface area contributed by atoms with Gasteiger partial charge in [0.1, 0.15) is 11.5 Å². The van der Waals surface area contributed by atoms with Crippen LogP contribution in [0.5, 0.6) is 11.5 Å². The normalized spacial score (nSPS) is 13.8. The fourth-order valence-electron chi connectivity index (χ4n) is 3.69. The lowest BCUT2D eigenvalue weighted by molar-refractivity contribution is 0.355. The zero-order valence-corrected chi connectivity index (χ0v) is 22.0. The van der Waals surface area contributed by atoms with Crippen LogP contribution in [-0.2, 0) is 6.54 Å². The van der Waals surface area contributed by atoms with Gasteiger partial charge in [0.2, 0.25) is 5.16 Å². The number of benzene rings is 3. The molecule has 4 aromatic rings. The van der Waals surface area contributed by atoms with E-state index in [0.717, 1.165) is 11.3 Å². The summed E-state index contributed by atoms with van der Waals surface area (Å²) < 4.78 is 26.9. The van der Waals surface area contributed by atoms with E-state index in [1.807, 2.05) is 48.5 Å². The third kappa shape index (κ3) is 5.29. The van der Waals surface area contributed by atoms with Crippen LogP contribution in [0.2, 0.25) is 10.0 Å². The van der Waals surface area contributed by atoms with E-state index in [0.29, 0.717) is 45.2 Å². The molecule has 5 rings (SSSR count). The second-order valence-corrected chi connectivity index (χ2v) is 9.67. The molecule has 1 aliphatic heterocycles. The number of ether oxygens (including phenoxy) is 2. The zero-order valence-electron chi connectivity index (χ0n) is 19.7. The van der Waals surface area contributed by atoms with Crippen LogP contribution >= 0.6 is 35.0 Å². The molecule has 0 atom stereocenters. The van der Waals surface area contributed by atoms with Gasteiger partial charge in [0.25, 0.3) is 0 Å². The third-order valence-electron chi connectivity index (χ3n) is 5.51. The second-order valence-electron chi connectivity index (χ2n) is 7.85. The van der Waals surface area contributed by atoms with Crippen molar-refractivity contribution in [1.82, 2.24) is 14.9 Å². The minimum absolute atomic E-state index is 0.0685. The van der Waals surface area contributed by atoms with Gasteiger partial charge in [0.15, 0.2) is 17.3 Å². The van der Waals surface area contributed by atoms with Crippen LogP contribution in [0.4, 0.5) is 10.1 Å². The molecule has 0 amide bonds. The average Bonchev–Trinajstić information content (AvgIpc) is 3.31. The number of thioether (sulfide) groups is 1. The Morgan fingerprint density at radius 1 is 0.973 bits per heavy atom.